The van der Waals surface area contributed by atoms with E-state index in [-0.39, 0.29) is 5.91 Å². The molecule has 2 aromatic heterocycles. The Labute approximate surface area is 164 Å². The number of rotatable bonds is 6. The van der Waals surface area contributed by atoms with E-state index in [1.807, 2.05) is 35.9 Å². The van der Waals surface area contributed by atoms with Crippen LogP contribution >= 0.6 is 34.2 Å². The zero-order valence-corrected chi connectivity index (χ0v) is 16.5. The van der Waals surface area contributed by atoms with Gasteiger partial charge >= 0.3 is 0 Å². The minimum atomic E-state index is -0.0378. The Kier molecular flexibility index (Phi) is 5.74. The number of halogens is 2. The van der Waals surface area contributed by atoms with Gasteiger partial charge in [-0.1, -0.05) is 23.7 Å². The molecular formula is C17H17ClIN5O. The van der Waals surface area contributed by atoms with Crippen molar-refractivity contribution in [1.82, 2.24) is 19.6 Å². The number of amides is 1. The molecule has 0 fully saturated rings. The van der Waals surface area contributed by atoms with Crippen LogP contribution in [-0.4, -0.2) is 25.5 Å². The summed E-state index contributed by atoms with van der Waals surface area (Å²) in [5.41, 5.74) is 2.89. The zero-order valence-electron chi connectivity index (χ0n) is 13.6. The fourth-order valence-electron chi connectivity index (χ4n) is 2.44. The minimum Gasteiger partial charge on any atom is -0.326 e. The molecule has 0 atom stereocenters. The molecule has 130 valence electrons. The maximum atomic E-state index is 12.2. The maximum Gasteiger partial charge on any atom is 0.226 e. The summed E-state index contributed by atoms with van der Waals surface area (Å²) in [6.45, 7) is 3.16. The molecule has 6 nitrogen and oxygen atoms in total. The number of benzene rings is 1. The van der Waals surface area contributed by atoms with E-state index in [2.05, 4.69) is 38.1 Å². The number of carbonyl (C=O) groups is 1. The first kappa shape index (κ1) is 17.9. The molecule has 0 saturated heterocycles. The quantitative estimate of drug-likeness (QED) is 0.560. The molecule has 0 aliphatic carbocycles. The van der Waals surface area contributed by atoms with E-state index in [9.17, 15) is 4.79 Å². The number of hydrogen-bond donors (Lipinski definition) is 1. The third-order valence-electron chi connectivity index (χ3n) is 3.75. The van der Waals surface area contributed by atoms with Crippen LogP contribution in [0.3, 0.4) is 0 Å². The maximum absolute atomic E-state index is 12.2. The Morgan fingerprint density at radius 3 is 2.84 bits per heavy atom. The van der Waals surface area contributed by atoms with Gasteiger partial charge in [-0.15, -0.1) is 0 Å². The molecule has 0 spiro atoms. The number of anilines is 1. The van der Waals surface area contributed by atoms with Gasteiger partial charge in [-0.3, -0.25) is 14.2 Å². The lowest BCUT2D eigenvalue weighted by atomic mass is 10.2. The Balaban J connectivity index is 1.57. The van der Waals surface area contributed by atoms with Crippen molar-refractivity contribution in [3.8, 4) is 0 Å². The molecule has 8 heteroatoms. The third-order valence-corrected chi connectivity index (χ3v) is 5.01. The van der Waals surface area contributed by atoms with E-state index in [1.165, 1.54) is 0 Å². The van der Waals surface area contributed by atoms with Gasteiger partial charge in [-0.25, -0.2) is 0 Å². The molecule has 0 aliphatic rings. The van der Waals surface area contributed by atoms with Gasteiger partial charge in [0.15, 0.2) is 0 Å². The van der Waals surface area contributed by atoms with Gasteiger partial charge < -0.3 is 5.32 Å². The van der Waals surface area contributed by atoms with E-state index >= 15 is 0 Å². The lowest BCUT2D eigenvalue weighted by Gasteiger charge is -2.09. The molecule has 0 unspecified atom stereocenters. The standard InChI is InChI=1S/C17H17ClIN5O/c1-12-16(19)9-21-24(12)6-5-17(25)22-15-4-2-3-13(7-15)10-23-11-14(18)8-20-23/h2-4,7-9,11H,5-6,10H2,1H3,(H,22,25). The van der Waals surface area contributed by atoms with Gasteiger partial charge in [0.25, 0.3) is 0 Å². The van der Waals surface area contributed by atoms with E-state index in [0.717, 1.165) is 20.5 Å². The Morgan fingerprint density at radius 1 is 1.32 bits per heavy atom. The monoisotopic (exact) mass is 469 g/mol. The molecular weight excluding hydrogens is 453 g/mol. The molecule has 3 rings (SSSR count). The fraction of sp³-hybridized carbons (Fsp3) is 0.235. The molecule has 1 aromatic carbocycles. The van der Waals surface area contributed by atoms with Crippen molar-refractivity contribution >= 4 is 45.8 Å². The highest BCUT2D eigenvalue weighted by atomic mass is 127. The van der Waals surface area contributed by atoms with E-state index in [1.54, 1.807) is 23.3 Å². The lowest BCUT2D eigenvalue weighted by molar-refractivity contribution is -0.116. The zero-order chi connectivity index (χ0) is 17.8. The SMILES string of the molecule is Cc1c(I)cnn1CCC(=O)Nc1cccc(Cn2cc(Cl)cn2)c1. The summed E-state index contributed by atoms with van der Waals surface area (Å²) in [5.74, 6) is -0.0378. The van der Waals surface area contributed by atoms with Crippen LogP contribution in [0, 0.1) is 10.5 Å². The molecule has 0 radical (unpaired) electrons. The largest absolute Gasteiger partial charge is 0.326 e. The summed E-state index contributed by atoms with van der Waals surface area (Å²) in [6.07, 6.45) is 5.54. The van der Waals surface area contributed by atoms with E-state index < -0.39 is 0 Å². The van der Waals surface area contributed by atoms with Crippen LogP contribution in [0.15, 0.2) is 42.9 Å². The van der Waals surface area contributed by atoms with Crippen molar-refractivity contribution in [2.75, 3.05) is 5.32 Å². The summed E-state index contributed by atoms with van der Waals surface area (Å²) >= 11 is 8.11. The van der Waals surface area contributed by atoms with Crippen LogP contribution in [0.5, 0.6) is 0 Å². The first-order valence-corrected chi connectivity index (χ1v) is 9.21. The van der Waals surface area contributed by atoms with E-state index in [4.69, 9.17) is 11.6 Å². The highest BCUT2D eigenvalue weighted by Gasteiger charge is 2.08. The predicted molar refractivity (Wildman–Crippen MR) is 106 cm³/mol. The van der Waals surface area contributed by atoms with Crippen LogP contribution in [0.2, 0.25) is 5.02 Å². The average Bonchev–Trinajstić information content (AvgIpc) is 3.12. The lowest BCUT2D eigenvalue weighted by Crippen LogP contribution is -2.15. The van der Waals surface area contributed by atoms with Crippen molar-refractivity contribution in [2.24, 2.45) is 0 Å². The Bertz CT molecular complexity index is 889. The predicted octanol–water partition coefficient (Wildman–Crippen LogP) is 3.72. The first-order valence-electron chi connectivity index (χ1n) is 7.76. The number of nitrogens with one attached hydrogen (secondary N) is 1. The number of aromatic nitrogens is 4. The van der Waals surface area contributed by atoms with Gasteiger partial charge in [0.2, 0.25) is 5.91 Å². The van der Waals surface area contributed by atoms with Crippen molar-refractivity contribution in [2.45, 2.75) is 26.4 Å². The number of hydrogen-bond acceptors (Lipinski definition) is 3. The smallest absolute Gasteiger partial charge is 0.226 e. The average molecular weight is 470 g/mol. The van der Waals surface area contributed by atoms with Crippen molar-refractivity contribution < 1.29 is 4.79 Å². The third kappa shape index (κ3) is 4.82. The Hall–Kier alpha value is -1.87. The summed E-state index contributed by atoms with van der Waals surface area (Å²) in [6, 6.07) is 7.71. The summed E-state index contributed by atoms with van der Waals surface area (Å²) in [5, 5.41) is 12.0. The fourth-order valence-corrected chi connectivity index (χ4v) is 3.00. The summed E-state index contributed by atoms with van der Waals surface area (Å²) in [4.78, 5) is 12.2. The molecule has 3 aromatic rings. The second kappa shape index (κ2) is 8.01. The van der Waals surface area contributed by atoms with Crippen molar-refractivity contribution in [1.29, 1.82) is 0 Å². The highest BCUT2D eigenvalue weighted by molar-refractivity contribution is 14.1. The molecule has 1 N–H and O–H groups in total. The molecule has 0 aliphatic heterocycles. The second-order valence-corrected chi connectivity index (χ2v) is 7.25. The summed E-state index contributed by atoms with van der Waals surface area (Å²) in [7, 11) is 0. The molecule has 25 heavy (non-hydrogen) atoms. The topological polar surface area (TPSA) is 64.7 Å². The highest BCUT2D eigenvalue weighted by Crippen LogP contribution is 2.14. The molecule has 2 heterocycles. The molecule has 0 saturated carbocycles. The minimum absolute atomic E-state index is 0.0378. The van der Waals surface area contributed by atoms with Crippen molar-refractivity contribution in [3.63, 3.8) is 0 Å². The van der Waals surface area contributed by atoms with Crippen LogP contribution < -0.4 is 5.32 Å². The number of aryl methyl sites for hydroxylation is 1. The van der Waals surface area contributed by atoms with Gasteiger partial charge in [-0.05, 0) is 47.2 Å². The van der Waals surface area contributed by atoms with Gasteiger partial charge in [-0.2, -0.15) is 10.2 Å². The molecule has 0 bridgehead atoms. The van der Waals surface area contributed by atoms with Crippen LogP contribution in [0.4, 0.5) is 5.69 Å². The van der Waals surface area contributed by atoms with E-state index in [0.29, 0.717) is 24.5 Å². The molecule has 1 amide bonds. The van der Waals surface area contributed by atoms with Crippen molar-refractivity contribution in [3.05, 3.63) is 62.7 Å². The Morgan fingerprint density at radius 2 is 2.16 bits per heavy atom. The van der Waals surface area contributed by atoms with Crippen LogP contribution in [0.1, 0.15) is 17.7 Å². The number of nitrogens with zero attached hydrogens (tertiary/aromatic N) is 4. The second-order valence-electron chi connectivity index (χ2n) is 5.66. The normalized spacial score (nSPS) is 10.8. The number of carbonyl (C=O) groups excluding carboxylic acids is 1. The van der Waals surface area contributed by atoms with Crippen LogP contribution in [-0.2, 0) is 17.9 Å². The first-order chi connectivity index (χ1) is 12.0. The van der Waals surface area contributed by atoms with Gasteiger partial charge in [0.05, 0.1) is 34.1 Å². The summed E-state index contributed by atoms with van der Waals surface area (Å²) < 4.78 is 4.70. The van der Waals surface area contributed by atoms with Gasteiger partial charge in [0, 0.05) is 24.0 Å². The van der Waals surface area contributed by atoms with Crippen LogP contribution in [0.25, 0.3) is 0 Å². The van der Waals surface area contributed by atoms with Gasteiger partial charge in [0.1, 0.15) is 0 Å².